The molecule has 1 aliphatic heterocycles. The molecule has 2 rings (SSSR count). The largest absolute Gasteiger partial charge is 0.397 e. The number of amides is 2. The molecule has 0 saturated heterocycles. The third kappa shape index (κ3) is 2.34. The minimum Gasteiger partial charge on any atom is -0.397 e. The highest BCUT2D eigenvalue weighted by molar-refractivity contribution is 7.16. The molecule has 98 valence electrons. The number of nitrogens with two attached hydrogens (primary N) is 1. The van der Waals surface area contributed by atoms with Crippen molar-refractivity contribution in [1.29, 1.82) is 0 Å². The van der Waals surface area contributed by atoms with Crippen LogP contribution < -0.4 is 11.1 Å². The lowest BCUT2D eigenvalue weighted by molar-refractivity contribution is -0.129. The fourth-order valence-corrected chi connectivity index (χ4v) is 2.22. The van der Waals surface area contributed by atoms with E-state index in [-0.39, 0.29) is 17.9 Å². The van der Waals surface area contributed by atoms with Gasteiger partial charge in [0.05, 0.1) is 11.7 Å². The van der Waals surface area contributed by atoms with E-state index in [1.807, 2.05) is 0 Å². The van der Waals surface area contributed by atoms with Gasteiger partial charge in [-0.25, -0.2) is 0 Å². The van der Waals surface area contributed by atoms with Gasteiger partial charge in [-0.3, -0.25) is 9.59 Å². The van der Waals surface area contributed by atoms with Gasteiger partial charge in [0.25, 0.3) is 5.91 Å². The van der Waals surface area contributed by atoms with E-state index in [4.69, 9.17) is 5.73 Å². The number of hydrogen-bond donors (Lipinski definition) is 2. The van der Waals surface area contributed by atoms with Crippen molar-refractivity contribution in [2.45, 2.75) is 12.5 Å². The van der Waals surface area contributed by atoms with E-state index >= 15 is 0 Å². The standard InChI is InChI=1S/C11H17N4O2P/c1-14(6-18)10(16)3-8-4-13-11(17)9-2-7(12)5-15(8)9/h2,5,8H,3-4,6,12,18H2,1H3,(H,13,17). The van der Waals surface area contributed by atoms with Crippen LogP contribution in [0.2, 0.25) is 0 Å². The average molecular weight is 268 g/mol. The Balaban J connectivity index is 2.19. The van der Waals surface area contributed by atoms with Crippen LogP contribution in [0.15, 0.2) is 12.3 Å². The van der Waals surface area contributed by atoms with Gasteiger partial charge < -0.3 is 20.5 Å². The Morgan fingerprint density at radius 3 is 3.11 bits per heavy atom. The third-order valence-electron chi connectivity index (χ3n) is 3.10. The summed E-state index contributed by atoms with van der Waals surface area (Å²) in [4.78, 5) is 25.2. The first-order valence-electron chi connectivity index (χ1n) is 5.72. The topological polar surface area (TPSA) is 80.4 Å². The van der Waals surface area contributed by atoms with Crippen LogP contribution in [-0.2, 0) is 4.79 Å². The zero-order valence-electron chi connectivity index (χ0n) is 10.2. The fourth-order valence-electron chi connectivity index (χ4n) is 2.01. The maximum Gasteiger partial charge on any atom is 0.268 e. The Morgan fingerprint density at radius 1 is 1.72 bits per heavy atom. The number of nitrogen functional groups attached to an aromatic ring is 1. The minimum atomic E-state index is -0.144. The first-order chi connectivity index (χ1) is 8.52. The molecule has 1 aromatic heterocycles. The summed E-state index contributed by atoms with van der Waals surface area (Å²) >= 11 is 0. The molecule has 2 amide bonds. The van der Waals surface area contributed by atoms with Crippen molar-refractivity contribution in [2.75, 3.05) is 25.6 Å². The molecular weight excluding hydrogens is 251 g/mol. The van der Waals surface area contributed by atoms with Crippen molar-refractivity contribution < 1.29 is 9.59 Å². The molecule has 2 atom stereocenters. The van der Waals surface area contributed by atoms with E-state index in [2.05, 4.69) is 14.6 Å². The van der Waals surface area contributed by atoms with Gasteiger partial charge in [-0.1, -0.05) is 0 Å². The summed E-state index contributed by atoms with van der Waals surface area (Å²) < 4.78 is 1.79. The number of aromatic nitrogens is 1. The maximum atomic E-state index is 11.9. The van der Waals surface area contributed by atoms with Gasteiger partial charge in [0.1, 0.15) is 5.69 Å². The SMILES string of the molecule is CN(CP)C(=O)CC1CNC(=O)c2cc(N)cn21. The van der Waals surface area contributed by atoms with E-state index in [1.54, 1.807) is 28.8 Å². The number of fused-ring (bicyclic) bond motifs is 1. The second kappa shape index (κ2) is 4.98. The molecular formula is C11H17N4O2P. The van der Waals surface area contributed by atoms with Crippen molar-refractivity contribution in [3.05, 3.63) is 18.0 Å². The molecule has 1 aliphatic rings. The predicted molar refractivity (Wildman–Crippen MR) is 72.2 cm³/mol. The highest BCUT2D eigenvalue weighted by Gasteiger charge is 2.27. The molecule has 0 fully saturated rings. The van der Waals surface area contributed by atoms with Crippen LogP contribution in [0.3, 0.4) is 0 Å². The molecule has 2 unspecified atom stereocenters. The molecule has 0 aromatic carbocycles. The highest BCUT2D eigenvalue weighted by Crippen LogP contribution is 2.23. The Labute approximate surface area is 108 Å². The Hall–Kier alpha value is -1.55. The molecule has 18 heavy (non-hydrogen) atoms. The van der Waals surface area contributed by atoms with Gasteiger partial charge in [-0.15, -0.1) is 9.24 Å². The summed E-state index contributed by atoms with van der Waals surface area (Å²) in [6.45, 7) is 0.455. The van der Waals surface area contributed by atoms with Crippen LogP contribution in [0.1, 0.15) is 23.0 Å². The average Bonchev–Trinajstić information content (AvgIpc) is 2.74. The van der Waals surface area contributed by atoms with E-state index in [0.717, 1.165) is 0 Å². The number of carbonyl (C=O) groups excluding carboxylic acids is 2. The molecule has 0 bridgehead atoms. The van der Waals surface area contributed by atoms with E-state index < -0.39 is 0 Å². The van der Waals surface area contributed by atoms with Gasteiger partial charge in [-0.2, -0.15) is 0 Å². The van der Waals surface area contributed by atoms with Crippen LogP contribution in [0.5, 0.6) is 0 Å². The number of rotatable bonds is 3. The molecule has 3 N–H and O–H groups in total. The molecule has 7 heteroatoms. The molecule has 0 aliphatic carbocycles. The first-order valence-corrected chi connectivity index (χ1v) is 6.54. The van der Waals surface area contributed by atoms with Crippen molar-refractivity contribution in [2.24, 2.45) is 0 Å². The molecule has 0 spiro atoms. The first kappa shape index (κ1) is 12.9. The summed E-state index contributed by atoms with van der Waals surface area (Å²) in [5, 5.41) is 2.77. The fraction of sp³-hybridized carbons (Fsp3) is 0.455. The second-order valence-electron chi connectivity index (χ2n) is 4.41. The summed E-state index contributed by atoms with van der Waals surface area (Å²) in [6, 6.07) is 1.56. The Morgan fingerprint density at radius 2 is 2.44 bits per heavy atom. The molecule has 0 radical (unpaired) electrons. The van der Waals surface area contributed by atoms with Crippen molar-refractivity contribution in [3.63, 3.8) is 0 Å². The van der Waals surface area contributed by atoms with Crippen molar-refractivity contribution in [1.82, 2.24) is 14.8 Å². The number of carbonyl (C=O) groups is 2. The Kier molecular flexibility index (Phi) is 3.57. The molecule has 1 aromatic rings. The van der Waals surface area contributed by atoms with Crippen LogP contribution in [0.4, 0.5) is 5.69 Å². The molecule has 2 heterocycles. The lowest BCUT2D eigenvalue weighted by atomic mass is 10.1. The zero-order chi connectivity index (χ0) is 13.3. The summed E-state index contributed by atoms with van der Waals surface area (Å²) in [5.41, 5.74) is 6.76. The van der Waals surface area contributed by atoms with Crippen LogP contribution in [0.25, 0.3) is 0 Å². The van der Waals surface area contributed by atoms with Gasteiger partial charge in [0, 0.05) is 32.5 Å². The number of hydrogen-bond acceptors (Lipinski definition) is 3. The number of nitrogens with zero attached hydrogens (tertiary/aromatic N) is 2. The highest BCUT2D eigenvalue weighted by atomic mass is 31.0. The third-order valence-corrected chi connectivity index (χ3v) is 3.65. The second-order valence-corrected chi connectivity index (χ2v) is 4.77. The van der Waals surface area contributed by atoms with Crippen LogP contribution in [-0.4, -0.2) is 41.2 Å². The van der Waals surface area contributed by atoms with Gasteiger partial charge in [-0.05, 0) is 6.07 Å². The monoisotopic (exact) mass is 268 g/mol. The summed E-state index contributed by atoms with van der Waals surface area (Å²) in [6.07, 6.45) is 2.66. The van der Waals surface area contributed by atoms with E-state index in [1.165, 1.54) is 0 Å². The lowest BCUT2D eigenvalue weighted by Crippen LogP contribution is -2.40. The normalized spacial score (nSPS) is 18.1. The van der Waals surface area contributed by atoms with Gasteiger partial charge in [0.15, 0.2) is 0 Å². The smallest absolute Gasteiger partial charge is 0.268 e. The zero-order valence-corrected chi connectivity index (χ0v) is 11.4. The van der Waals surface area contributed by atoms with Crippen LogP contribution in [0, 0.1) is 0 Å². The van der Waals surface area contributed by atoms with Gasteiger partial charge in [0.2, 0.25) is 5.91 Å². The maximum absolute atomic E-state index is 11.9. The molecule has 0 saturated carbocycles. The van der Waals surface area contributed by atoms with Crippen LogP contribution >= 0.6 is 9.24 Å². The minimum absolute atomic E-state index is 0.0457. The Bertz CT molecular complexity index is 485. The summed E-state index contributed by atoms with van der Waals surface area (Å²) in [5.74, 6) is -0.0980. The lowest BCUT2D eigenvalue weighted by Gasteiger charge is -2.27. The molecule has 6 nitrogen and oxygen atoms in total. The quantitative estimate of drug-likeness (QED) is 0.759. The van der Waals surface area contributed by atoms with E-state index in [0.29, 0.717) is 30.6 Å². The van der Waals surface area contributed by atoms with E-state index in [9.17, 15) is 9.59 Å². The number of anilines is 1. The summed E-state index contributed by atoms with van der Waals surface area (Å²) in [7, 11) is 4.26. The number of nitrogens with one attached hydrogen (secondary N) is 1. The predicted octanol–water partition coefficient (Wildman–Crippen LogP) is 0.0359. The van der Waals surface area contributed by atoms with Crippen molar-refractivity contribution in [3.8, 4) is 0 Å². The van der Waals surface area contributed by atoms with Crippen molar-refractivity contribution >= 4 is 26.7 Å². The van der Waals surface area contributed by atoms with Gasteiger partial charge >= 0.3 is 0 Å².